The predicted octanol–water partition coefficient (Wildman–Crippen LogP) is 1.05. The van der Waals surface area contributed by atoms with Crippen LogP contribution in [0.4, 0.5) is 0 Å². The fourth-order valence-electron chi connectivity index (χ4n) is 2.82. The Balaban J connectivity index is 2.24. The van der Waals surface area contributed by atoms with E-state index in [9.17, 15) is 4.79 Å². The average molecular weight is 286 g/mol. The zero-order valence-corrected chi connectivity index (χ0v) is 12.4. The van der Waals surface area contributed by atoms with Crippen LogP contribution in [-0.4, -0.2) is 43.0 Å². The van der Waals surface area contributed by atoms with Crippen LogP contribution in [0.2, 0.25) is 0 Å². The first-order chi connectivity index (χ1) is 10.3. The number of nitrogens with one attached hydrogen (secondary N) is 2. The van der Waals surface area contributed by atoms with Crippen molar-refractivity contribution in [2.45, 2.75) is 25.4 Å². The van der Waals surface area contributed by atoms with Gasteiger partial charge in [0.25, 0.3) is 0 Å². The quantitative estimate of drug-likeness (QED) is 0.849. The Morgan fingerprint density at radius 1 is 1.52 bits per heavy atom. The summed E-state index contributed by atoms with van der Waals surface area (Å²) in [5.41, 5.74) is 1.09. The molecule has 0 aliphatic carbocycles. The third-order valence-electron chi connectivity index (χ3n) is 3.81. The van der Waals surface area contributed by atoms with Gasteiger partial charge in [-0.25, -0.2) is 0 Å². The molecule has 2 unspecified atom stereocenters. The average Bonchev–Trinajstić information content (AvgIpc) is 2.54. The lowest BCUT2D eigenvalue weighted by Gasteiger charge is -2.40. The molecule has 0 saturated carbocycles. The van der Waals surface area contributed by atoms with Gasteiger partial charge in [-0.15, -0.1) is 0 Å². The summed E-state index contributed by atoms with van der Waals surface area (Å²) in [5, 5.41) is 15.3. The zero-order valence-electron chi connectivity index (χ0n) is 12.4. The number of amides is 1. The highest BCUT2D eigenvalue weighted by molar-refractivity contribution is 5.82. The van der Waals surface area contributed by atoms with Crippen molar-refractivity contribution in [1.82, 2.24) is 15.5 Å². The van der Waals surface area contributed by atoms with E-state index in [1.54, 1.807) is 0 Å². The van der Waals surface area contributed by atoms with Crippen LogP contribution in [0, 0.1) is 11.3 Å². The van der Waals surface area contributed by atoms with Crippen molar-refractivity contribution in [1.29, 1.82) is 5.26 Å². The van der Waals surface area contributed by atoms with Crippen molar-refractivity contribution in [2.75, 3.05) is 26.2 Å². The Morgan fingerprint density at radius 2 is 2.29 bits per heavy atom. The number of carbonyl (C=O) groups excluding carboxylic acids is 1. The third-order valence-corrected chi connectivity index (χ3v) is 3.81. The maximum absolute atomic E-state index is 12.3. The van der Waals surface area contributed by atoms with Crippen LogP contribution >= 0.6 is 0 Å². The molecule has 21 heavy (non-hydrogen) atoms. The first-order valence-corrected chi connectivity index (χ1v) is 7.44. The minimum absolute atomic E-state index is 0.0311. The second-order valence-corrected chi connectivity index (χ2v) is 5.14. The Morgan fingerprint density at radius 3 is 2.95 bits per heavy atom. The number of carbonyl (C=O) groups is 1. The highest BCUT2D eigenvalue weighted by Crippen LogP contribution is 2.26. The van der Waals surface area contributed by atoms with Crippen molar-refractivity contribution in [3.8, 4) is 6.07 Å². The molecule has 5 heteroatoms. The number of hydrogen-bond donors (Lipinski definition) is 2. The van der Waals surface area contributed by atoms with Crippen molar-refractivity contribution in [3.63, 3.8) is 0 Å². The van der Waals surface area contributed by atoms with Gasteiger partial charge in [-0.3, -0.25) is 9.69 Å². The van der Waals surface area contributed by atoms with E-state index < -0.39 is 0 Å². The molecule has 0 radical (unpaired) electrons. The number of nitrogens with zero attached hydrogens (tertiary/aromatic N) is 2. The molecule has 1 aromatic carbocycles. The number of nitriles is 1. The monoisotopic (exact) mass is 286 g/mol. The van der Waals surface area contributed by atoms with Gasteiger partial charge in [-0.05, 0) is 12.5 Å². The molecule has 1 fully saturated rings. The summed E-state index contributed by atoms with van der Waals surface area (Å²) in [4.78, 5) is 14.4. The van der Waals surface area contributed by atoms with Crippen molar-refractivity contribution < 1.29 is 4.79 Å². The number of benzene rings is 1. The van der Waals surface area contributed by atoms with E-state index in [0.29, 0.717) is 19.5 Å². The minimum Gasteiger partial charge on any atom is -0.355 e. The lowest BCUT2D eigenvalue weighted by Crippen LogP contribution is -2.58. The molecule has 1 aromatic rings. The van der Waals surface area contributed by atoms with Crippen molar-refractivity contribution in [3.05, 3.63) is 35.9 Å². The lowest BCUT2D eigenvalue weighted by atomic mass is 9.99. The molecule has 112 valence electrons. The van der Waals surface area contributed by atoms with Gasteiger partial charge in [0.2, 0.25) is 5.91 Å². The van der Waals surface area contributed by atoms with Crippen LogP contribution in [0.15, 0.2) is 30.3 Å². The molecule has 1 amide bonds. The van der Waals surface area contributed by atoms with Crippen LogP contribution in [0.25, 0.3) is 0 Å². The van der Waals surface area contributed by atoms with Crippen LogP contribution in [0.3, 0.4) is 0 Å². The summed E-state index contributed by atoms with van der Waals surface area (Å²) in [6.45, 7) is 4.77. The molecule has 2 atom stereocenters. The zero-order chi connectivity index (χ0) is 15.1. The summed E-state index contributed by atoms with van der Waals surface area (Å²) < 4.78 is 0. The molecule has 0 aromatic heterocycles. The van der Waals surface area contributed by atoms with E-state index in [2.05, 4.69) is 21.6 Å². The standard InChI is InChI=1S/C16H22N4O/c1-2-19-16(21)15-12-18-10-11-20(15)14(8-9-17)13-6-4-3-5-7-13/h3-7,14-15,18H,2,8,10-12H2,1H3,(H,19,21). The molecule has 1 aliphatic rings. The summed E-state index contributed by atoms with van der Waals surface area (Å²) >= 11 is 0. The predicted molar refractivity (Wildman–Crippen MR) is 81.5 cm³/mol. The second-order valence-electron chi connectivity index (χ2n) is 5.14. The molecule has 1 heterocycles. The van der Waals surface area contributed by atoms with E-state index in [-0.39, 0.29) is 18.0 Å². The van der Waals surface area contributed by atoms with E-state index >= 15 is 0 Å². The van der Waals surface area contributed by atoms with Gasteiger partial charge in [-0.2, -0.15) is 5.26 Å². The number of hydrogen-bond acceptors (Lipinski definition) is 4. The van der Waals surface area contributed by atoms with Crippen LogP contribution in [0.5, 0.6) is 0 Å². The lowest BCUT2D eigenvalue weighted by molar-refractivity contribution is -0.128. The summed E-state index contributed by atoms with van der Waals surface area (Å²) in [7, 11) is 0. The Hall–Kier alpha value is -1.90. The maximum Gasteiger partial charge on any atom is 0.238 e. The molecule has 2 rings (SSSR count). The first-order valence-electron chi connectivity index (χ1n) is 7.44. The minimum atomic E-state index is -0.225. The first kappa shape index (κ1) is 15.5. The molecule has 0 bridgehead atoms. The van der Waals surface area contributed by atoms with Gasteiger partial charge < -0.3 is 10.6 Å². The largest absolute Gasteiger partial charge is 0.355 e. The van der Waals surface area contributed by atoms with Crippen molar-refractivity contribution in [2.24, 2.45) is 0 Å². The Labute approximate surface area is 125 Å². The summed E-state index contributed by atoms with van der Waals surface area (Å²) in [6.07, 6.45) is 0.389. The summed E-state index contributed by atoms with van der Waals surface area (Å²) in [5.74, 6) is 0.0311. The van der Waals surface area contributed by atoms with Crippen LogP contribution in [-0.2, 0) is 4.79 Å². The molecular weight excluding hydrogens is 264 g/mol. The molecular formula is C16H22N4O. The highest BCUT2D eigenvalue weighted by atomic mass is 16.2. The fourth-order valence-corrected chi connectivity index (χ4v) is 2.82. The SMILES string of the molecule is CCNC(=O)C1CNCCN1C(CC#N)c1ccccc1. The van der Waals surface area contributed by atoms with Crippen LogP contribution in [0.1, 0.15) is 24.9 Å². The van der Waals surface area contributed by atoms with Gasteiger partial charge in [0, 0.05) is 32.2 Å². The molecule has 1 saturated heterocycles. The topological polar surface area (TPSA) is 68.2 Å². The molecule has 5 nitrogen and oxygen atoms in total. The van der Waals surface area contributed by atoms with Gasteiger partial charge >= 0.3 is 0 Å². The van der Waals surface area contributed by atoms with Gasteiger partial charge in [-0.1, -0.05) is 30.3 Å². The van der Waals surface area contributed by atoms with E-state index in [4.69, 9.17) is 5.26 Å². The Bertz CT molecular complexity index is 497. The normalized spacial score (nSPS) is 20.5. The van der Waals surface area contributed by atoms with E-state index in [1.165, 1.54) is 0 Å². The highest BCUT2D eigenvalue weighted by Gasteiger charge is 2.33. The number of likely N-dealkylation sites (N-methyl/N-ethyl adjacent to an activating group) is 1. The maximum atomic E-state index is 12.3. The Kier molecular flexibility index (Phi) is 5.73. The van der Waals surface area contributed by atoms with Crippen molar-refractivity contribution >= 4 is 5.91 Å². The van der Waals surface area contributed by atoms with Gasteiger partial charge in [0.15, 0.2) is 0 Å². The molecule has 2 N–H and O–H groups in total. The van der Waals surface area contributed by atoms with Gasteiger partial charge in [0.05, 0.1) is 12.5 Å². The smallest absolute Gasteiger partial charge is 0.238 e. The van der Waals surface area contributed by atoms with Crippen LogP contribution < -0.4 is 10.6 Å². The van der Waals surface area contributed by atoms with E-state index in [1.807, 2.05) is 37.3 Å². The second kappa shape index (κ2) is 7.77. The number of rotatable bonds is 5. The third kappa shape index (κ3) is 3.81. The summed E-state index contributed by atoms with van der Waals surface area (Å²) in [6, 6.07) is 12.0. The van der Waals surface area contributed by atoms with E-state index in [0.717, 1.165) is 18.7 Å². The number of piperazine rings is 1. The molecule has 0 spiro atoms. The molecule has 1 aliphatic heterocycles. The van der Waals surface area contributed by atoms with Gasteiger partial charge in [0.1, 0.15) is 6.04 Å². The fraction of sp³-hybridized carbons (Fsp3) is 0.500.